The van der Waals surface area contributed by atoms with Crippen LogP contribution >= 0.6 is 11.8 Å². The van der Waals surface area contributed by atoms with Crippen LogP contribution in [0.1, 0.15) is 124 Å². The average molecular weight is 493 g/mol. The van der Waals surface area contributed by atoms with Gasteiger partial charge in [-0.25, -0.2) is 0 Å². The number of hydrogen-bond acceptors (Lipinski definition) is 4. The van der Waals surface area contributed by atoms with Crippen molar-refractivity contribution in [2.45, 2.75) is 129 Å². The summed E-state index contributed by atoms with van der Waals surface area (Å²) >= 11 is 1.72. The number of carbonyl (C=O) groups is 1. The van der Waals surface area contributed by atoms with Crippen LogP contribution in [0.3, 0.4) is 0 Å². The molecule has 2 N–H and O–H groups in total. The van der Waals surface area contributed by atoms with Crippen LogP contribution in [0.4, 0.5) is 0 Å². The molecule has 7 heteroatoms. The van der Waals surface area contributed by atoms with Crippen LogP contribution < -0.4 is 5.32 Å². The molecule has 0 aromatic heterocycles. The lowest BCUT2D eigenvalue weighted by molar-refractivity contribution is -0.119. The Morgan fingerprint density at radius 1 is 0.812 bits per heavy atom. The zero-order valence-corrected chi connectivity index (χ0v) is 22.6. The van der Waals surface area contributed by atoms with E-state index in [0.717, 1.165) is 5.75 Å². The molecule has 0 rings (SSSR count). The molecule has 0 spiro atoms. The molecular formula is C25H50NO4S2. The smallest absolute Gasteiger partial charge is 0.267 e. The zero-order chi connectivity index (χ0) is 24.1. The maximum atomic E-state index is 11.9. The van der Waals surface area contributed by atoms with E-state index in [1.165, 1.54) is 103 Å². The van der Waals surface area contributed by atoms with Gasteiger partial charge in [-0.3, -0.25) is 9.35 Å². The summed E-state index contributed by atoms with van der Waals surface area (Å²) in [5, 5.41) is 2.62. The van der Waals surface area contributed by atoms with Gasteiger partial charge in [-0.05, 0) is 26.0 Å². The number of hydrogen-bond donors (Lipinski definition) is 2. The lowest BCUT2D eigenvalue weighted by atomic mass is 10.0. The van der Waals surface area contributed by atoms with E-state index in [2.05, 4.69) is 12.2 Å². The molecule has 1 radical (unpaired) electrons. The number of unbranched alkanes of at least 4 members (excludes halogenated alkanes) is 15. The standard InChI is InChI=1S/C25H50NO4S2/c1-4-5-6-7-8-9-10-11-12-13-14-15-16-17-18-19-21-31-22-20-24(27)26-25(2,3)23-32(28,29)30/h20H,4-19,21-23H2,1-3H3,(H,26,27)(H,28,29,30). The third-order valence-electron chi connectivity index (χ3n) is 5.53. The van der Waals surface area contributed by atoms with Crippen molar-refractivity contribution in [1.29, 1.82) is 0 Å². The topological polar surface area (TPSA) is 83.5 Å². The predicted octanol–water partition coefficient (Wildman–Crippen LogP) is 6.97. The average Bonchev–Trinajstić information content (AvgIpc) is 2.67. The van der Waals surface area contributed by atoms with Gasteiger partial charge in [0, 0.05) is 5.75 Å². The molecule has 191 valence electrons. The van der Waals surface area contributed by atoms with Gasteiger partial charge in [0.15, 0.2) is 0 Å². The van der Waals surface area contributed by atoms with Gasteiger partial charge in [0.05, 0.1) is 17.7 Å². The van der Waals surface area contributed by atoms with Crippen molar-refractivity contribution in [1.82, 2.24) is 5.32 Å². The van der Waals surface area contributed by atoms with Crippen molar-refractivity contribution in [2.24, 2.45) is 0 Å². The Balaban J connectivity index is 3.34. The summed E-state index contributed by atoms with van der Waals surface area (Å²) in [4.78, 5) is 11.9. The molecule has 0 saturated heterocycles. The summed E-state index contributed by atoms with van der Waals surface area (Å²) in [5.74, 6) is 0.868. The fourth-order valence-electron chi connectivity index (χ4n) is 3.85. The molecule has 0 aliphatic heterocycles. The Hall–Kier alpha value is -0.270. The van der Waals surface area contributed by atoms with Gasteiger partial charge in [0.25, 0.3) is 10.1 Å². The van der Waals surface area contributed by atoms with Crippen LogP contribution in [0, 0.1) is 6.42 Å². The molecule has 5 nitrogen and oxygen atoms in total. The van der Waals surface area contributed by atoms with E-state index >= 15 is 0 Å². The molecule has 0 aliphatic carbocycles. The van der Waals surface area contributed by atoms with Gasteiger partial charge < -0.3 is 5.32 Å². The SMILES string of the molecule is CCCCCCCCCCCCCCCCCCSC[CH]C(=O)NC(C)(C)CS(=O)(=O)O. The molecule has 0 saturated carbocycles. The molecular weight excluding hydrogens is 442 g/mol. The fraction of sp³-hybridized carbons (Fsp3) is 0.920. The maximum Gasteiger partial charge on any atom is 0.267 e. The first-order chi connectivity index (χ1) is 15.2. The van der Waals surface area contributed by atoms with Crippen molar-refractivity contribution in [3.05, 3.63) is 6.42 Å². The quantitative estimate of drug-likeness (QED) is 0.119. The summed E-state index contributed by atoms with van der Waals surface area (Å²) in [7, 11) is -4.12. The van der Waals surface area contributed by atoms with Crippen molar-refractivity contribution in [3.63, 3.8) is 0 Å². The van der Waals surface area contributed by atoms with E-state index in [9.17, 15) is 13.2 Å². The zero-order valence-electron chi connectivity index (χ0n) is 21.0. The second kappa shape index (κ2) is 20.1. The minimum absolute atomic E-state index is 0.293. The highest BCUT2D eigenvalue weighted by Crippen LogP contribution is 2.15. The van der Waals surface area contributed by atoms with Crippen molar-refractivity contribution < 1.29 is 17.8 Å². The molecule has 0 fully saturated rings. The van der Waals surface area contributed by atoms with E-state index in [0.29, 0.717) is 5.75 Å². The largest absolute Gasteiger partial charge is 0.350 e. The highest BCUT2D eigenvalue weighted by atomic mass is 32.2. The summed E-state index contributed by atoms with van der Waals surface area (Å²) in [6, 6.07) is 0. The molecule has 0 aromatic rings. The third-order valence-corrected chi connectivity index (χ3v) is 7.60. The van der Waals surface area contributed by atoms with Crippen LogP contribution in [-0.2, 0) is 14.9 Å². The summed E-state index contributed by atoms with van der Waals surface area (Å²) in [5.41, 5.74) is -0.986. The molecule has 0 aromatic carbocycles. The maximum absolute atomic E-state index is 11.9. The fourth-order valence-corrected chi connectivity index (χ4v) is 5.68. The first-order valence-electron chi connectivity index (χ1n) is 12.8. The van der Waals surface area contributed by atoms with Gasteiger partial charge in [-0.1, -0.05) is 103 Å². The van der Waals surface area contributed by atoms with Crippen LogP contribution in [0.2, 0.25) is 0 Å². The summed E-state index contributed by atoms with van der Waals surface area (Å²) in [6.45, 7) is 5.43. The van der Waals surface area contributed by atoms with Crippen molar-refractivity contribution in [2.75, 3.05) is 17.3 Å². The molecule has 0 bridgehead atoms. The van der Waals surface area contributed by atoms with Gasteiger partial charge in [-0.2, -0.15) is 20.2 Å². The van der Waals surface area contributed by atoms with E-state index in [1.54, 1.807) is 32.0 Å². The van der Waals surface area contributed by atoms with Crippen LogP contribution in [0.5, 0.6) is 0 Å². The van der Waals surface area contributed by atoms with Crippen LogP contribution in [-0.4, -0.2) is 41.7 Å². The summed E-state index contributed by atoms with van der Waals surface area (Å²) in [6.07, 6.45) is 23.4. The lowest BCUT2D eigenvalue weighted by Crippen LogP contribution is -2.48. The predicted molar refractivity (Wildman–Crippen MR) is 140 cm³/mol. The van der Waals surface area contributed by atoms with Gasteiger partial charge in [0.1, 0.15) is 0 Å². The van der Waals surface area contributed by atoms with Crippen molar-refractivity contribution in [3.8, 4) is 0 Å². The number of nitrogens with one attached hydrogen (secondary N) is 1. The Kier molecular flexibility index (Phi) is 20.0. The second-order valence-corrected chi connectivity index (χ2v) is 12.3. The monoisotopic (exact) mass is 492 g/mol. The highest BCUT2D eigenvalue weighted by Gasteiger charge is 2.26. The number of thioether (sulfide) groups is 1. The Morgan fingerprint density at radius 3 is 1.62 bits per heavy atom. The molecule has 0 heterocycles. The van der Waals surface area contributed by atoms with Gasteiger partial charge >= 0.3 is 0 Å². The molecule has 0 unspecified atom stereocenters. The Labute approximate surface area is 203 Å². The number of amides is 1. The minimum atomic E-state index is -4.12. The van der Waals surface area contributed by atoms with Gasteiger partial charge in [-0.15, -0.1) is 0 Å². The first-order valence-corrected chi connectivity index (χ1v) is 15.6. The van der Waals surface area contributed by atoms with Gasteiger partial charge in [0.2, 0.25) is 5.91 Å². The third kappa shape index (κ3) is 24.4. The minimum Gasteiger partial charge on any atom is -0.350 e. The lowest BCUT2D eigenvalue weighted by Gasteiger charge is -2.24. The van der Waals surface area contributed by atoms with E-state index in [1.807, 2.05) is 0 Å². The van der Waals surface area contributed by atoms with Crippen molar-refractivity contribution >= 4 is 27.8 Å². The summed E-state index contributed by atoms with van der Waals surface area (Å²) < 4.78 is 30.8. The number of carbonyl (C=O) groups excluding carboxylic acids is 1. The molecule has 1 amide bonds. The molecule has 0 atom stereocenters. The van der Waals surface area contributed by atoms with E-state index in [4.69, 9.17) is 4.55 Å². The Morgan fingerprint density at radius 2 is 1.22 bits per heavy atom. The second-order valence-electron chi connectivity index (χ2n) is 9.68. The van der Waals surface area contributed by atoms with E-state index < -0.39 is 21.4 Å². The van der Waals surface area contributed by atoms with Crippen LogP contribution in [0.25, 0.3) is 0 Å². The first kappa shape index (κ1) is 31.7. The van der Waals surface area contributed by atoms with Crippen LogP contribution in [0.15, 0.2) is 0 Å². The molecule has 32 heavy (non-hydrogen) atoms. The molecule has 0 aliphatic rings. The van der Waals surface area contributed by atoms with E-state index in [-0.39, 0.29) is 5.91 Å². The normalized spacial score (nSPS) is 12.2. The highest BCUT2D eigenvalue weighted by molar-refractivity contribution is 7.99. The number of rotatable bonds is 23. The Bertz CT molecular complexity index is 550.